The van der Waals surface area contributed by atoms with Gasteiger partial charge in [0.05, 0.1) is 6.54 Å². The molecular weight excluding hydrogens is 316 g/mol. The first kappa shape index (κ1) is 16.1. The second kappa shape index (κ2) is 6.88. The van der Waals surface area contributed by atoms with E-state index in [1.807, 2.05) is 0 Å². The predicted molar refractivity (Wildman–Crippen MR) is 95.7 cm³/mol. The number of hydrogen-bond donors (Lipinski definition) is 1. The quantitative estimate of drug-likeness (QED) is 0.904. The lowest BCUT2D eigenvalue weighted by atomic mass is 10.2. The molecule has 6 nitrogen and oxygen atoms in total. The van der Waals surface area contributed by atoms with Crippen molar-refractivity contribution in [2.75, 3.05) is 31.1 Å². The van der Waals surface area contributed by atoms with Crippen LogP contribution in [-0.2, 0) is 6.54 Å². The van der Waals surface area contributed by atoms with Crippen LogP contribution in [0.4, 0.5) is 5.69 Å². The summed E-state index contributed by atoms with van der Waals surface area (Å²) in [5.41, 5.74) is 2.95. The summed E-state index contributed by atoms with van der Waals surface area (Å²) < 4.78 is 5.49. The zero-order valence-electron chi connectivity index (χ0n) is 14.6. The van der Waals surface area contributed by atoms with Crippen LogP contribution in [0, 0.1) is 6.92 Å². The second-order valence-electron chi connectivity index (χ2n) is 6.97. The number of aryl methyl sites for hydroxylation is 1. The summed E-state index contributed by atoms with van der Waals surface area (Å²) in [7, 11) is 0. The largest absolute Gasteiger partial charge is 0.447 e. The third-order valence-corrected chi connectivity index (χ3v) is 4.83. The van der Waals surface area contributed by atoms with Gasteiger partial charge in [-0.2, -0.15) is 0 Å². The van der Waals surface area contributed by atoms with Crippen molar-refractivity contribution in [1.29, 1.82) is 0 Å². The standard InChI is InChI=1S/C19H24N4O2/c1-14-2-6-16(7-3-14)23-10-8-22(9-11-23)12-18-21-17(13-25-18)19(24)20-15-4-5-15/h2-3,6-7,13,15H,4-5,8-12H2,1H3,(H,20,24). The molecule has 2 aliphatic rings. The lowest BCUT2D eigenvalue weighted by molar-refractivity contribution is 0.0946. The van der Waals surface area contributed by atoms with Crippen LogP contribution in [-0.4, -0.2) is 48.0 Å². The molecule has 1 saturated carbocycles. The molecule has 6 heteroatoms. The Morgan fingerprint density at radius 1 is 1.20 bits per heavy atom. The first-order valence-corrected chi connectivity index (χ1v) is 8.96. The highest BCUT2D eigenvalue weighted by molar-refractivity contribution is 5.92. The fourth-order valence-corrected chi connectivity index (χ4v) is 3.09. The number of nitrogens with zero attached hydrogens (tertiary/aromatic N) is 3. The fourth-order valence-electron chi connectivity index (χ4n) is 3.09. The van der Waals surface area contributed by atoms with Crippen molar-refractivity contribution >= 4 is 11.6 Å². The van der Waals surface area contributed by atoms with Gasteiger partial charge in [0.25, 0.3) is 5.91 Å². The maximum Gasteiger partial charge on any atom is 0.273 e. The Kier molecular flexibility index (Phi) is 4.44. The number of piperazine rings is 1. The Labute approximate surface area is 147 Å². The topological polar surface area (TPSA) is 61.6 Å². The first-order chi connectivity index (χ1) is 12.2. The summed E-state index contributed by atoms with van der Waals surface area (Å²) in [6, 6.07) is 9.02. The van der Waals surface area contributed by atoms with E-state index in [1.54, 1.807) is 0 Å². The average molecular weight is 340 g/mol. The van der Waals surface area contributed by atoms with E-state index in [0.29, 0.717) is 24.2 Å². The van der Waals surface area contributed by atoms with Crippen LogP contribution in [0.3, 0.4) is 0 Å². The van der Waals surface area contributed by atoms with Gasteiger partial charge in [-0.15, -0.1) is 0 Å². The summed E-state index contributed by atoms with van der Waals surface area (Å²) >= 11 is 0. The van der Waals surface area contributed by atoms with Crippen molar-refractivity contribution in [2.24, 2.45) is 0 Å². The summed E-state index contributed by atoms with van der Waals surface area (Å²) in [6.45, 7) is 6.65. The van der Waals surface area contributed by atoms with E-state index < -0.39 is 0 Å². The minimum Gasteiger partial charge on any atom is -0.447 e. The molecule has 4 rings (SSSR count). The molecule has 1 saturated heterocycles. The molecule has 2 aromatic rings. The maximum absolute atomic E-state index is 12.0. The van der Waals surface area contributed by atoms with Crippen LogP contribution < -0.4 is 10.2 Å². The molecule has 1 amide bonds. The number of oxazole rings is 1. The van der Waals surface area contributed by atoms with E-state index in [4.69, 9.17) is 4.42 Å². The van der Waals surface area contributed by atoms with E-state index in [-0.39, 0.29) is 5.91 Å². The number of carbonyl (C=O) groups is 1. The molecule has 1 aliphatic heterocycles. The summed E-state index contributed by atoms with van der Waals surface area (Å²) in [4.78, 5) is 21.0. The van der Waals surface area contributed by atoms with E-state index in [1.165, 1.54) is 17.5 Å². The molecule has 0 spiro atoms. The van der Waals surface area contributed by atoms with Crippen molar-refractivity contribution in [3.63, 3.8) is 0 Å². The van der Waals surface area contributed by atoms with Gasteiger partial charge in [0.1, 0.15) is 6.26 Å². The molecule has 2 fully saturated rings. The smallest absolute Gasteiger partial charge is 0.273 e. The second-order valence-corrected chi connectivity index (χ2v) is 6.97. The Bertz CT molecular complexity index is 728. The van der Waals surface area contributed by atoms with E-state index in [2.05, 4.69) is 51.3 Å². The van der Waals surface area contributed by atoms with Crippen LogP contribution in [0.2, 0.25) is 0 Å². The van der Waals surface area contributed by atoms with Crippen molar-refractivity contribution in [1.82, 2.24) is 15.2 Å². The third kappa shape index (κ3) is 4.02. The van der Waals surface area contributed by atoms with Crippen molar-refractivity contribution in [3.8, 4) is 0 Å². The van der Waals surface area contributed by atoms with E-state index in [9.17, 15) is 4.79 Å². The van der Waals surface area contributed by atoms with E-state index in [0.717, 1.165) is 39.0 Å². The van der Waals surface area contributed by atoms with Gasteiger partial charge < -0.3 is 14.6 Å². The SMILES string of the molecule is Cc1ccc(N2CCN(Cc3nc(C(=O)NC4CC4)co3)CC2)cc1. The van der Waals surface area contributed by atoms with E-state index >= 15 is 0 Å². The zero-order valence-corrected chi connectivity index (χ0v) is 14.6. The Hall–Kier alpha value is -2.34. The average Bonchev–Trinajstić information content (AvgIpc) is 3.31. The maximum atomic E-state index is 12.0. The molecule has 1 aromatic heterocycles. The molecule has 0 unspecified atom stereocenters. The fraction of sp³-hybridized carbons (Fsp3) is 0.474. The highest BCUT2D eigenvalue weighted by atomic mass is 16.3. The number of benzene rings is 1. The lowest BCUT2D eigenvalue weighted by Gasteiger charge is -2.35. The summed E-state index contributed by atoms with van der Waals surface area (Å²) in [6.07, 6.45) is 3.61. The predicted octanol–water partition coefficient (Wildman–Crippen LogP) is 2.20. The molecular formula is C19H24N4O2. The van der Waals surface area contributed by atoms with Crippen LogP contribution in [0.15, 0.2) is 34.9 Å². The highest BCUT2D eigenvalue weighted by Gasteiger charge is 2.25. The molecule has 2 heterocycles. The number of nitrogens with one attached hydrogen (secondary N) is 1. The Morgan fingerprint density at radius 2 is 1.92 bits per heavy atom. The van der Waals surface area contributed by atoms with Crippen LogP contribution in [0.25, 0.3) is 0 Å². The Balaban J connectivity index is 1.29. The molecule has 0 radical (unpaired) electrons. The molecule has 25 heavy (non-hydrogen) atoms. The van der Waals surface area contributed by atoms with Gasteiger partial charge in [0, 0.05) is 37.9 Å². The third-order valence-electron chi connectivity index (χ3n) is 4.83. The number of hydrogen-bond acceptors (Lipinski definition) is 5. The van der Waals surface area contributed by atoms with Crippen molar-refractivity contribution in [2.45, 2.75) is 32.4 Å². The van der Waals surface area contributed by atoms with Gasteiger partial charge in [0.15, 0.2) is 5.69 Å². The minimum atomic E-state index is -0.123. The van der Waals surface area contributed by atoms with Crippen molar-refractivity contribution < 1.29 is 9.21 Å². The van der Waals surface area contributed by atoms with Gasteiger partial charge in [-0.1, -0.05) is 17.7 Å². The molecule has 1 N–H and O–H groups in total. The van der Waals surface area contributed by atoms with Gasteiger partial charge in [-0.25, -0.2) is 4.98 Å². The molecule has 0 atom stereocenters. The first-order valence-electron chi connectivity index (χ1n) is 8.96. The van der Waals surface area contributed by atoms with Crippen LogP contribution in [0.5, 0.6) is 0 Å². The summed E-state index contributed by atoms with van der Waals surface area (Å²) in [5.74, 6) is 0.492. The highest BCUT2D eigenvalue weighted by Crippen LogP contribution is 2.20. The Morgan fingerprint density at radius 3 is 2.60 bits per heavy atom. The number of aromatic nitrogens is 1. The van der Waals surface area contributed by atoms with Gasteiger partial charge >= 0.3 is 0 Å². The molecule has 1 aliphatic carbocycles. The minimum absolute atomic E-state index is 0.123. The molecule has 1 aromatic carbocycles. The monoisotopic (exact) mass is 340 g/mol. The molecule has 132 valence electrons. The van der Waals surface area contributed by atoms with Crippen molar-refractivity contribution in [3.05, 3.63) is 47.7 Å². The number of carbonyl (C=O) groups excluding carboxylic acids is 1. The normalized spacial score (nSPS) is 18.4. The number of rotatable bonds is 5. The molecule has 0 bridgehead atoms. The number of anilines is 1. The van der Waals surface area contributed by atoms with Crippen LogP contribution >= 0.6 is 0 Å². The zero-order chi connectivity index (χ0) is 17.2. The van der Waals surface area contributed by atoms with Crippen LogP contribution in [0.1, 0.15) is 34.8 Å². The van der Waals surface area contributed by atoms with Gasteiger partial charge in [-0.05, 0) is 31.9 Å². The number of amides is 1. The van der Waals surface area contributed by atoms with Gasteiger partial charge in [-0.3, -0.25) is 9.69 Å². The van der Waals surface area contributed by atoms with Gasteiger partial charge in [0.2, 0.25) is 5.89 Å². The lowest BCUT2D eigenvalue weighted by Crippen LogP contribution is -2.46. The summed E-state index contributed by atoms with van der Waals surface area (Å²) in [5, 5.41) is 2.93.